The second-order valence-electron chi connectivity index (χ2n) is 16.4. The van der Waals surface area contributed by atoms with E-state index in [1.807, 2.05) is 0 Å². The van der Waals surface area contributed by atoms with Gasteiger partial charge in [-0.3, -0.25) is 23.7 Å². The summed E-state index contributed by atoms with van der Waals surface area (Å²) in [4.78, 5) is 70.2. The van der Waals surface area contributed by atoms with Gasteiger partial charge < -0.3 is 30.3 Å². The summed E-state index contributed by atoms with van der Waals surface area (Å²) in [7, 11) is -3.94. The van der Waals surface area contributed by atoms with Crippen molar-refractivity contribution in [2.45, 2.75) is 107 Å². The van der Waals surface area contributed by atoms with Gasteiger partial charge in [-0.1, -0.05) is 26.8 Å². The number of benzene rings is 1. The van der Waals surface area contributed by atoms with E-state index in [0.29, 0.717) is 24.3 Å². The number of nitrogens with one attached hydrogen (secondary N) is 4. The summed E-state index contributed by atoms with van der Waals surface area (Å²) in [5.41, 5.74) is -1.95. The minimum absolute atomic E-state index is 0.0665. The molecule has 3 saturated carbocycles. The number of imidazole rings is 1. The molecule has 3 aliphatic carbocycles. The molecule has 0 radical (unpaired) electrons. The lowest BCUT2D eigenvalue weighted by Gasteiger charge is -2.35. The second kappa shape index (κ2) is 16.0. The Hall–Kier alpha value is -5.59. The zero-order valence-corrected chi connectivity index (χ0v) is 33.3. The molecule has 0 bridgehead atoms. The number of nitrogens with zero attached hydrogens (tertiary/aromatic N) is 5. The summed E-state index contributed by atoms with van der Waals surface area (Å²) in [5, 5.41) is 7.89. The minimum atomic E-state index is -3.94. The van der Waals surface area contributed by atoms with Gasteiger partial charge >= 0.3 is 6.09 Å². The highest BCUT2D eigenvalue weighted by atomic mass is 32.2. The number of amides is 4. The molecule has 4 N–H and O–H groups in total. The van der Waals surface area contributed by atoms with E-state index < -0.39 is 80.0 Å². The summed E-state index contributed by atoms with van der Waals surface area (Å²) in [6.07, 6.45) is 8.61. The fraction of sp³-hybridized carbons (Fsp3) is 0.513. The average molecular weight is 822 g/mol. The normalized spacial score (nSPS) is 23.7. The van der Waals surface area contributed by atoms with Gasteiger partial charge in [-0.05, 0) is 74.6 Å². The SMILES string of the molecule is C=C[C@@H]1C[C@]1(NC(=O)[C@@H]1C[C@@H](Oc2cc(-n3ccnc3)nc(Nc3ccc(F)cc3)n2)CN1C(=O)[C@@H](NC(=O)OC1CCCC1)C(C)(C)C)C(=O)NS(=O)(=O)C1CC1. The van der Waals surface area contributed by atoms with Gasteiger partial charge in [-0.25, -0.2) is 22.6 Å². The standard InChI is InChI=1S/C39H48FN9O8S/c1-5-23-20-39(23,35(52)47-58(54,55)28-14-15-28)46-33(50)29-18-27(21-49(29)34(51)32(38(2,3)4)45-37(53)57-26-8-6-7-9-26)56-31-19-30(48-17-16-41-22-48)43-36(44-31)42-25-12-10-24(40)11-13-25/h5,10-13,16-17,19,22-23,26-29,32H,1,6-9,14-15,18,20-21H2,2-4H3,(H,45,53)(H,46,50)(H,47,52)(H,42,43,44)/t23-,27-,29+,32-,39-/m1/s1. The number of alkyl carbamates (subject to hydrolysis) is 1. The van der Waals surface area contributed by atoms with Crippen LogP contribution >= 0.6 is 0 Å². The number of carbonyl (C=O) groups is 4. The Bertz CT molecular complexity index is 2150. The second-order valence-corrected chi connectivity index (χ2v) is 18.4. The van der Waals surface area contributed by atoms with Crippen molar-refractivity contribution in [3.63, 3.8) is 0 Å². The zero-order chi connectivity index (χ0) is 41.4. The molecule has 1 aromatic carbocycles. The molecule has 7 rings (SSSR count). The smallest absolute Gasteiger partial charge is 0.408 e. The number of likely N-dealkylation sites (tertiary alicyclic amines) is 1. The van der Waals surface area contributed by atoms with Crippen molar-refractivity contribution in [1.82, 2.24) is 39.8 Å². The first kappa shape index (κ1) is 40.6. The average Bonchev–Trinajstić information content (AvgIpc) is 3.92. The Balaban J connectivity index is 1.17. The van der Waals surface area contributed by atoms with E-state index in [9.17, 15) is 32.0 Å². The highest BCUT2D eigenvalue weighted by Crippen LogP contribution is 2.45. The first-order chi connectivity index (χ1) is 27.5. The number of carbonyl (C=O) groups excluding carboxylic acids is 4. The third-order valence-corrected chi connectivity index (χ3v) is 12.7. The van der Waals surface area contributed by atoms with Crippen LogP contribution in [0, 0.1) is 17.2 Å². The number of anilines is 2. The van der Waals surface area contributed by atoms with Crippen molar-refractivity contribution in [1.29, 1.82) is 0 Å². The van der Waals surface area contributed by atoms with E-state index in [-0.39, 0.29) is 37.3 Å². The number of sulfonamides is 1. The predicted octanol–water partition coefficient (Wildman–Crippen LogP) is 3.65. The molecule has 4 aliphatic rings. The Labute approximate surface area is 335 Å². The van der Waals surface area contributed by atoms with E-state index in [1.54, 1.807) is 43.8 Å². The molecule has 1 saturated heterocycles. The molecule has 4 fully saturated rings. The van der Waals surface area contributed by atoms with E-state index >= 15 is 0 Å². The van der Waals surface area contributed by atoms with Crippen molar-refractivity contribution < 1.29 is 41.5 Å². The topological polar surface area (TPSA) is 216 Å². The van der Waals surface area contributed by atoms with Crippen LogP contribution in [0.1, 0.15) is 72.1 Å². The summed E-state index contributed by atoms with van der Waals surface area (Å²) < 4.78 is 55.0. The predicted molar refractivity (Wildman–Crippen MR) is 208 cm³/mol. The highest BCUT2D eigenvalue weighted by molar-refractivity contribution is 7.91. The van der Waals surface area contributed by atoms with Gasteiger partial charge in [0.1, 0.15) is 47.8 Å². The van der Waals surface area contributed by atoms with Crippen molar-refractivity contribution in [3.05, 3.63) is 67.5 Å². The molecule has 1 aliphatic heterocycles. The number of halogens is 1. The quantitative estimate of drug-likeness (QED) is 0.172. The number of rotatable bonds is 14. The Morgan fingerprint density at radius 2 is 1.78 bits per heavy atom. The summed E-state index contributed by atoms with van der Waals surface area (Å²) in [6.45, 7) is 8.97. The number of ether oxygens (including phenoxy) is 2. The van der Waals surface area contributed by atoms with Crippen LogP contribution in [0.25, 0.3) is 5.82 Å². The number of aromatic nitrogens is 4. The first-order valence-electron chi connectivity index (χ1n) is 19.4. The van der Waals surface area contributed by atoms with E-state index in [0.717, 1.165) is 25.7 Å². The third kappa shape index (κ3) is 9.08. The fourth-order valence-corrected chi connectivity index (χ4v) is 8.77. The van der Waals surface area contributed by atoms with Crippen LogP contribution in [0.4, 0.5) is 20.8 Å². The maximum absolute atomic E-state index is 14.6. The van der Waals surface area contributed by atoms with Crippen molar-refractivity contribution in [2.75, 3.05) is 11.9 Å². The Morgan fingerprint density at radius 3 is 2.40 bits per heavy atom. The van der Waals surface area contributed by atoms with E-state index in [1.165, 1.54) is 41.6 Å². The molecule has 4 amide bonds. The minimum Gasteiger partial charge on any atom is -0.472 e. The molecule has 19 heteroatoms. The van der Waals surface area contributed by atoms with Gasteiger partial charge in [0, 0.05) is 36.5 Å². The van der Waals surface area contributed by atoms with Gasteiger partial charge in [-0.15, -0.1) is 6.58 Å². The van der Waals surface area contributed by atoms with Gasteiger partial charge in [0.2, 0.25) is 33.7 Å². The zero-order valence-electron chi connectivity index (χ0n) is 32.5. The van der Waals surface area contributed by atoms with Crippen LogP contribution in [0.3, 0.4) is 0 Å². The fourth-order valence-electron chi connectivity index (χ4n) is 7.41. The lowest BCUT2D eigenvalue weighted by atomic mass is 9.85. The molecule has 3 heterocycles. The largest absolute Gasteiger partial charge is 0.472 e. The molecule has 5 atom stereocenters. The van der Waals surface area contributed by atoms with Gasteiger partial charge in [0.05, 0.1) is 11.8 Å². The monoisotopic (exact) mass is 821 g/mol. The molecular weight excluding hydrogens is 774 g/mol. The third-order valence-electron chi connectivity index (χ3n) is 10.9. The van der Waals surface area contributed by atoms with Crippen molar-refractivity contribution in [3.8, 4) is 11.7 Å². The number of hydrogen-bond acceptors (Lipinski definition) is 12. The lowest BCUT2D eigenvalue weighted by Crippen LogP contribution is -2.60. The Morgan fingerprint density at radius 1 is 1.05 bits per heavy atom. The molecular formula is C39H48FN9O8S. The van der Waals surface area contributed by atoms with Crippen molar-refractivity contribution in [2.24, 2.45) is 11.3 Å². The van der Waals surface area contributed by atoms with E-state index in [2.05, 4.69) is 42.2 Å². The van der Waals surface area contributed by atoms with Gasteiger partial charge in [0.25, 0.3) is 5.91 Å². The molecule has 0 unspecified atom stereocenters. The molecule has 17 nitrogen and oxygen atoms in total. The number of hydrogen-bond donors (Lipinski definition) is 4. The summed E-state index contributed by atoms with van der Waals surface area (Å²) >= 11 is 0. The lowest BCUT2D eigenvalue weighted by molar-refractivity contribution is -0.143. The van der Waals surface area contributed by atoms with Gasteiger partial charge in [-0.2, -0.15) is 9.97 Å². The molecule has 2 aromatic heterocycles. The molecule has 0 spiro atoms. The first-order valence-corrected chi connectivity index (χ1v) is 20.9. The maximum Gasteiger partial charge on any atom is 0.408 e. The van der Waals surface area contributed by atoms with E-state index in [4.69, 9.17) is 9.47 Å². The van der Waals surface area contributed by atoms with Gasteiger partial charge in [0.15, 0.2) is 0 Å². The molecule has 58 heavy (non-hydrogen) atoms. The highest BCUT2D eigenvalue weighted by Gasteiger charge is 2.62. The molecule has 310 valence electrons. The Kier molecular flexibility index (Phi) is 11.2. The van der Waals surface area contributed by atoms with Crippen LogP contribution in [-0.2, 0) is 29.1 Å². The summed E-state index contributed by atoms with van der Waals surface area (Å²) in [5.74, 6) is -2.63. The van der Waals surface area contributed by atoms with Crippen molar-refractivity contribution >= 4 is 45.5 Å². The molecule has 3 aromatic rings. The van der Waals surface area contributed by atoms with Crippen LogP contribution in [-0.4, -0.2) is 98.3 Å². The van der Waals surface area contributed by atoms with Crippen LogP contribution in [0.5, 0.6) is 5.88 Å². The summed E-state index contributed by atoms with van der Waals surface area (Å²) in [6, 6.07) is 4.77. The van der Waals surface area contributed by atoms with Crippen LogP contribution < -0.4 is 25.4 Å². The van der Waals surface area contributed by atoms with Crippen LogP contribution in [0.2, 0.25) is 0 Å². The van der Waals surface area contributed by atoms with Crippen LogP contribution in [0.15, 0.2) is 61.7 Å². The maximum atomic E-state index is 14.6.